The molecule has 0 atom stereocenters. The second-order valence-corrected chi connectivity index (χ2v) is 13.8. The molecule has 206 valence electrons. The van der Waals surface area contributed by atoms with Crippen LogP contribution in [0.5, 0.6) is 11.5 Å². The maximum Gasteiger partial charge on any atom is 0.307 e. The monoisotopic (exact) mass is 580 g/mol. The van der Waals surface area contributed by atoms with E-state index in [-0.39, 0.29) is 4.90 Å². The third-order valence-electron chi connectivity index (χ3n) is 7.01. The highest BCUT2D eigenvalue weighted by atomic mass is 32.3. The Labute approximate surface area is 241 Å². The summed E-state index contributed by atoms with van der Waals surface area (Å²) in [4.78, 5) is 2.34. The molecule has 0 aromatic heterocycles. The van der Waals surface area contributed by atoms with E-state index in [1.165, 1.54) is 0 Å². The van der Waals surface area contributed by atoms with Crippen LogP contribution in [0, 0.1) is 0 Å². The van der Waals surface area contributed by atoms with E-state index in [4.69, 9.17) is 13.1 Å². The highest BCUT2D eigenvalue weighted by Gasteiger charge is 2.38. The number of ether oxygens (including phenoxy) is 2. The molecule has 5 nitrogen and oxygen atoms in total. The van der Waals surface area contributed by atoms with E-state index in [1.54, 1.807) is 32.4 Å². The zero-order valence-corrected chi connectivity index (χ0v) is 24.2. The lowest BCUT2D eigenvalue weighted by atomic mass is 10.0. The van der Waals surface area contributed by atoms with Crippen molar-refractivity contribution in [2.75, 3.05) is 14.2 Å². The second kappa shape index (κ2) is 10.9. The molecule has 0 bridgehead atoms. The molecular formula is C34H28O5S2. The standard InChI is InChI=1S/C34H28O5S2/c1-37-33-29-20-12-13-21-30(29)34(38-2)32-24-28(22-23-31(32)33)41(35,36)39-40(25-14-6-3-7-15-25,26-16-8-4-9-17-26)27-18-10-5-11-19-27/h3-24H,1-2H3. The summed E-state index contributed by atoms with van der Waals surface area (Å²) in [6.45, 7) is 0. The molecule has 0 saturated carbocycles. The molecule has 0 aliphatic heterocycles. The Hall–Kier alpha value is -4.30. The number of rotatable bonds is 8. The topological polar surface area (TPSA) is 61.8 Å². The van der Waals surface area contributed by atoms with Crippen molar-refractivity contribution < 1.29 is 21.5 Å². The third kappa shape index (κ3) is 4.62. The molecule has 0 aliphatic carbocycles. The molecule has 0 fully saturated rings. The van der Waals surface area contributed by atoms with Gasteiger partial charge in [0, 0.05) is 36.2 Å². The minimum atomic E-state index is -4.31. The van der Waals surface area contributed by atoms with Gasteiger partial charge in [-0.3, -0.25) is 0 Å². The van der Waals surface area contributed by atoms with E-state index in [2.05, 4.69) is 0 Å². The van der Waals surface area contributed by atoms with Gasteiger partial charge in [0.2, 0.25) is 0 Å². The Morgan fingerprint density at radius 2 is 0.829 bits per heavy atom. The average Bonchev–Trinajstić information content (AvgIpc) is 3.03. The SMILES string of the molecule is COc1c2ccccc2c(OC)c2cc(S(=O)(=O)OS(c3ccccc3)(c3ccccc3)c3ccccc3)ccc12. The molecule has 6 aromatic carbocycles. The van der Waals surface area contributed by atoms with Crippen molar-refractivity contribution in [1.82, 2.24) is 0 Å². The fraction of sp³-hybridized carbons (Fsp3) is 0.0588. The predicted octanol–water partition coefficient (Wildman–Crippen LogP) is 8.61. The summed E-state index contributed by atoms with van der Waals surface area (Å²) in [5, 5.41) is 3.07. The highest BCUT2D eigenvalue weighted by Crippen LogP contribution is 2.70. The summed E-state index contributed by atoms with van der Waals surface area (Å²) in [5.74, 6) is 1.22. The second-order valence-electron chi connectivity index (χ2n) is 9.34. The van der Waals surface area contributed by atoms with Crippen molar-refractivity contribution in [3.8, 4) is 11.5 Å². The van der Waals surface area contributed by atoms with Crippen molar-refractivity contribution in [3.63, 3.8) is 0 Å². The quantitative estimate of drug-likeness (QED) is 0.169. The van der Waals surface area contributed by atoms with Crippen LogP contribution < -0.4 is 9.47 Å². The Morgan fingerprint density at radius 3 is 1.27 bits per heavy atom. The zero-order valence-electron chi connectivity index (χ0n) is 22.6. The lowest BCUT2D eigenvalue weighted by molar-refractivity contribution is 0.417. The fourth-order valence-electron chi connectivity index (χ4n) is 5.21. The summed E-state index contributed by atoms with van der Waals surface area (Å²) in [7, 11) is -3.82. The van der Waals surface area contributed by atoms with Crippen molar-refractivity contribution in [3.05, 3.63) is 133 Å². The first-order chi connectivity index (χ1) is 20.0. The van der Waals surface area contributed by atoms with Gasteiger partial charge in [0.15, 0.2) is 0 Å². The normalized spacial score (nSPS) is 12.3. The first-order valence-corrected chi connectivity index (χ1v) is 16.0. The van der Waals surface area contributed by atoms with Gasteiger partial charge >= 0.3 is 10.1 Å². The van der Waals surface area contributed by atoms with E-state index in [0.717, 1.165) is 30.8 Å². The highest BCUT2D eigenvalue weighted by molar-refractivity contribution is 8.33. The van der Waals surface area contributed by atoms with Crippen LogP contribution in [0.3, 0.4) is 0 Å². The van der Waals surface area contributed by atoms with Crippen molar-refractivity contribution in [2.45, 2.75) is 19.6 Å². The lowest BCUT2D eigenvalue weighted by Gasteiger charge is -2.39. The number of benzene rings is 6. The van der Waals surface area contributed by atoms with Gasteiger partial charge in [0.25, 0.3) is 0 Å². The smallest absolute Gasteiger partial charge is 0.307 e. The fourth-order valence-corrected chi connectivity index (χ4v) is 10.5. The molecule has 0 N–H and O–H groups in total. The summed E-state index contributed by atoms with van der Waals surface area (Å²) in [6.07, 6.45) is 0. The minimum absolute atomic E-state index is 0.0281. The molecule has 0 unspecified atom stereocenters. The molecule has 0 radical (unpaired) electrons. The van der Waals surface area contributed by atoms with Crippen LogP contribution in [0.1, 0.15) is 0 Å². The molecule has 0 saturated heterocycles. The van der Waals surface area contributed by atoms with Gasteiger partial charge in [-0.2, -0.15) is 8.42 Å². The van der Waals surface area contributed by atoms with Crippen LogP contribution in [0.4, 0.5) is 0 Å². The maximum absolute atomic E-state index is 14.4. The van der Waals surface area contributed by atoms with Gasteiger partial charge in [-0.15, -0.1) is 0 Å². The minimum Gasteiger partial charge on any atom is -0.495 e. The summed E-state index contributed by atoms with van der Waals surface area (Å²) in [6, 6.07) is 41.3. The van der Waals surface area contributed by atoms with Gasteiger partial charge in [-0.05, 0) is 64.9 Å². The van der Waals surface area contributed by atoms with Crippen LogP contribution >= 0.6 is 10.3 Å². The molecule has 0 spiro atoms. The Kier molecular flexibility index (Phi) is 7.17. The molecule has 41 heavy (non-hydrogen) atoms. The van der Waals surface area contributed by atoms with E-state index in [1.807, 2.05) is 115 Å². The summed E-state index contributed by atoms with van der Waals surface area (Å²) in [5.41, 5.74) is 0. The summed E-state index contributed by atoms with van der Waals surface area (Å²) < 4.78 is 46.8. The van der Waals surface area contributed by atoms with Crippen LogP contribution in [0.25, 0.3) is 21.5 Å². The zero-order chi connectivity index (χ0) is 28.5. The molecule has 6 rings (SSSR count). The Morgan fingerprint density at radius 1 is 0.439 bits per heavy atom. The van der Waals surface area contributed by atoms with E-state index in [9.17, 15) is 8.42 Å². The Balaban J connectivity index is 1.60. The first-order valence-electron chi connectivity index (χ1n) is 13.0. The number of hydrogen-bond acceptors (Lipinski definition) is 5. The van der Waals surface area contributed by atoms with E-state index >= 15 is 0 Å². The van der Waals surface area contributed by atoms with Gasteiger partial charge < -0.3 is 9.47 Å². The number of methoxy groups -OCH3 is 2. The van der Waals surface area contributed by atoms with Crippen molar-refractivity contribution >= 4 is 42.0 Å². The third-order valence-corrected chi connectivity index (χ3v) is 12.2. The molecule has 6 aromatic rings. The van der Waals surface area contributed by atoms with Gasteiger partial charge in [-0.25, -0.2) is 3.63 Å². The van der Waals surface area contributed by atoms with Gasteiger partial charge in [0.05, 0.1) is 19.1 Å². The first kappa shape index (κ1) is 26.9. The van der Waals surface area contributed by atoms with E-state index < -0.39 is 20.4 Å². The van der Waals surface area contributed by atoms with E-state index in [0.29, 0.717) is 16.9 Å². The molecule has 0 aliphatic rings. The maximum atomic E-state index is 14.4. The van der Waals surface area contributed by atoms with Crippen molar-refractivity contribution in [2.24, 2.45) is 0 Å². The number of fused-ring (bicyclic) bond motifs is 2. The number of hydrogen-bond donors (Lipinski definition) is 0. The van der Waals surface area contributed by atoms with Crippen LogP contribution in [0.2, 0.25) is 0 Å². The molecule has 0 amide bonds. The van der Waals surface area contributed by atoms with Crippen molar-refractivity contribution in [1.29, 1.82) is 0 Å². The molecular weight excluding hydrogens is 553 g/mol. The van der Waals surface area contributed by atoms with Crippen LogP contribution in [-0.2, 0) is 13.7 Å². The Bertz CT molecular complexity index is 1850. The molecule has 0 heterocycles. The average molecular weight is 581 g/mol. The largest absolute Gasteiger partial charge is 0.495 e. The van der Waals surface area contributed by atoms with Crippen LogP contribution in [-0.4, -0.2) is 22.6 Å². The van der Waals surface area contributed by atoms with Gasteiger partial charge in [-0.1, -0.05) is 78.9 Å². The summed E-state index contributed by atoms with van der Waals surface area (Å²) >= 11 is 0. The van der Waals surface area contributed by atoms with Crippen LogP contribution in [0.15, 0.2) is 153 Å². The predicted molar refractivity (Wildman–Crippen MR) is 165 cm³/mol. The van der Waals surface area contributed by atoms with Gasteiger partial charge in [0.1, 0.15) is 11.5 Å². The molecule has 7 heteroatoms. The lowest BCUT2D eigenvalue weighted by Crippen LogP contribution is -2.14.